The number of amides is 1. The number of morpholine rings is 1. The smallest absolute Gasteiger partial charge is 0.408 e. The van der Waals surface area contributed by atoms with E-state index < -0.39 is 25.2 Å². The van der Waals surface area contributed by atoms with Crippen molar-refractivity contribution in [3.8, 4) is 5.75 Å². The molecule has 0 N–H and O–H groups in total. The third-order valence-corrected chi connectivity index (χ3v) is 12.7. The maximum absolute atomic E-state index is 14.3. The third-order valence-electron chi connectivity index (χ3n) is 8.38. The largest absolute Gasteiger partial charge is 0.425 e. The fraction of sp³-hybridized carbons (Fsp3) is 0.367. The predicted molar refractivity (Wildman–Crippen MR) is 163 cm³/mol. The number of carbonyl (C=O) groups excluding carboxylic acids is 1. The molecule has 1 saturated heterocycles. The van der Waals surface area contributed by atoms with Crippen LogP contribution in [0.5, 0.6) is 5.75 Å². The number of fused-ring (bicyclic) bond motifs is 2. The zero-order valence-corrected chi connectivity index (χ0v) is 25.4. The molecule has 43 heavy (non-hydrogen) atoms. The van der Waals surface area contributed by atoms with E-state index in [2.05, 4.69) is 15.6 Å². The van der Waals surface area contributed by atoms with Crippen molar-refractivity contribution in [2.45, 2.75) is 31.9 Å². The Morgan fingerprint density at radius 3 is 2.42 bits per heavy atom. The van der Waals surface area contributed by atoms with Crippen LogP contribution >= 0.6 is 30.6 Å². The first-order valence-electron chi connectivity index (χ1n) is 14.2. The topological polar surface area (TPSA) is 57.6 Å². The van der Waals surface area contributed by atoms with Crippen LogP contribution in [0, 0.1) is 0 Å². The summed E-state index contributed by atoms with van der Waals surface area (Å²) in [4.78, 5) is 16.7. The molecule has 0 bridgehead atoms. The van der Waals surface area contributed by atoms with Gasteiger partial charge in [0.1, 0.15) is 5.75 Å². The second-order valence-electron chi connectivity index (χ2n) is 11.0. The minimum atomic E-state index is -4.56. The second-order valence-corrected chi connectivity index (χ2v) is 14.6. The fourth-order valence-electron chi connectivity index (χ4n) is 6.56. The summed E-state index contributed by atoms with van der Waals surface area (Å²) < 4.78 is 62.4. The van der Waals surface area contributed by atoms with Crippen molar-refractivity contribution in [2.24, 2.45) is 4.74 Å². The molecule has 1 amide bonds. The molecule has 4 aliphatic heterocycles. The van der Waals surface area contributed by atoms with Gasteiger partial charge in [0.2, 0.25) is 0 Å². The van der Waals surface area contributed by atoms with Gasteiger partial charge in [-0.25, -0.2) is 18.9 Å². The number of hydrogen-bond donors (Lipinski definition) is 0. The van der Waals surface area contributed by atoms with Gasteiger partial charge >= 0.3 is 12.3 Å². The maximum Gasteiger partial charge on any atom is 0.425 e. The standard InChI is InChI=1S/C30H28Cl2F3N4O3P/c31-24-9-8-22(18-25(24)32)39-29(40)42-28-23-7-3-11-37-10-2-4-19(27(23)37)16-26(28)43(39,38-12-14-41-15-13-38)36-21-6-1-5-20(17-21)30(33,34)35/h1,5-6,8-9,16-18H,2-4,7,10-15H2/t43-/m1/s1. The summed E-state index contributed by atoms with van der Waals surface area (Å²) in [5.41, 5.74) is 2.93. The zero-order chi connectivity index (χ0) is 29.9. The van der Waals surface area contributed by atoms with Gasteiger partial charge in [-0.15, -0.1) is 0 Å². The van der Waals surface area contributed by atoms with Gasteiger partial charge in [0.05, 0.1) is 45.5 Å². The van der Waals surface area contributed by atoms with E-state index in [-0.39, 0.29) is 10.7 Å². The average Bonchev–Trinajstić information content (AvgIpc) is 3.00. The molecule has 0 spiro atoms. The van der Waals surface area contributed by atoms with E-state index in [0.717, 1.165) is 73.0 Å². The highest BCUT2D eigenvalue weighted by Crippen LogP contribution is 2.64. The van der Waals surface area contributed by atoms with Crippen molar-refractivity contribution >= 4 is 59.0 Å². The molecule has 3 aromatic rings. The second kappa shape index (κ2) is 11.0. The highest BCUT2D eigenvalue weighted by Gasteiger charge is 2.50. The van der Waals surface area contributed by atoms with Gasteiger partial charge in [-0.3, -0.25) is 0 Å². The van der Waals surface area contributed by atoms with E-state index in [4.69, 9.17) is 37.4 Å². The number of alkyl halides is 3. The van der Waals surface area contributed by atoms with E-state index in [0.29, 0.717) is 42.8 Å². The molecule has 0 aliphatic carbocycles. The molecule has 7 rings (SSSR count). The van der Waals surface area contributed by atoms with Gasteiger partial charge in [-0.05, 0) is 73.7 Å². The SMILES string of the molecule is O=C1Oc2c(cc3c4c2CCCN4CCC3)[P@@](=Nc2cccc(C(F)(F)F)c2)(N2CCOCC2)N1c1ccc(Cl)c(Cl)c1. The van der Waals surface area contributed by atoms with Crippen molar-refractivity contribution in [1.29, 1.82) is 0 Å². The van der Waals surface area contributed by atoms with Crippen LogP contribution in [0.15, 0.2) is 53.3 Å². The lowest BCUT2D eigenvalue weighted by Gasteiger charge is -2.49. The number of nitrogens with zero attached hydrogens (tertiary/aromatic N) is 4. The first kappa shape index (κ1) is 29.0. The molecule has 13 heteroatoms. The van der Waals surface area contributed by atoms with Crippen LogP contribution in [0.2, 0.25) is 10.0 Å². The lowest BCUT2D eigenvalue weighted by atomic mass is 9.91. The van der Waals surface area contributed by atoms with Crippen molar-refractivity contribution in [1.82, 2.24) is 4.67 Å². The van der Waals surface area contributed by atoms with E-state index in [1.807, 2.05) is 0 Å². The number of halogens is 5. The summed E-state index contributed by atoms with van der Waals surface area (Å²) in [6.07, 6.45) is -1.75. The predicted octanol–water partition coefficient (Wildman–Crippen LogP) is 8.05. The Balaban J connectivity index is 1.59. The van der Waals surface area contributed by atoms with Crippen LogP contribution < -0.4 is 19.6 Å². The van der Waals surface area contributed by atoms with Gasteiger partial charge in [0.15, 0.2) is 7.36 Å². The molecule has 0 aromatic heterocycles. The number of benzene rings is 3. The Labute approximate surface area is 257 Å². The van der Waals surface area contributed by atoms with Crippen LogP contribution in [0.25, 0.3) is 0 Å². The number of anilines is 2. The minimum absolute atomic E-state index is 0.119. The summed E-state index contributed by atoms with van der Waals surface area (Å²) in [7, 11) is -3.41. The molecule has 4 heterocycles. The maximum atomic E-state index is 14.3. The van der Waals surface area contributed by atoms with Crippen LogP contribution in [-0.4, -0.2) is 50.2 Å². The summed E-state index contributed by atoms with van der Waals surface area (Å²) in [6, 6.07) is 11.9. The summed E-state index contributed by atoms with van der Waals surface area (Å²) >= 11 is 12.7. The minimum Gasteiger partial charge on any atom is -0.408 e. The van der Waals surface area contributed by atoms with Crippen LogP contribution in [0.4, 0.5) is 35.0 Å². The summed E-state index contributed by atoms with van der Waals surface area (Å²) in [5.74, 6) is 0.474. The Bertz CT molecular complexity index is 1680. The number of rotatable bonds is 3. The van der Waals surface area contributed by atoms with Gasteiger partial charge in [-0.1, -0.05) is 29.3 Å². The van der Waals surface area contributed by atoms with Crippen molar-refractivity contribution < 1.29 is 27.4 Å². The number of hydrogen-bond acceptors (Lipinski definition) is 5. The molecule has 0 unspecified atom stereocenters. The summed E-state index contributed by atoms with van der Waals surface area (Å²) in [6.45, 7) is 3.45. The van der Waals surface area contributed by atoms with Crippen molar-refractivity contribution in [3.63, 3.8) is 0 Å². The van der Waals surface area contributed by atoms with Crippen LogP contribution in [-0.2, 0) is 23.8 Å². The molecule has 1 fully saturated rings. The average molecular weight is 651 g/mol. The lowest BCUT2D eigenvalue weighted by molar-refractivity contribution is -0.137. The molecular weight excluding hydrogens is 623 g/mol. The molecule has 1 atom stereocenters. The first-order valence-corrected chi connectivity index (χ1v) is 16.6. The monoisotopic (exact) mass is 650 g/mol. The quantitative estimate of drug-likeness (QED) is 0.269. The molecule has 3 aromatic carbocycles. The fourth-order valence-corrected chi connectivity index (χ4v) is 10.6. The molecule has 7 nitrogen and oxygen atoms in total. The van der Waals surface area contributed by atoms with Crippen molar-refractivity contribution in [3.05, 3.63) is 75.3 Å². The van der Waals surface area contributed by atoms with Gasteiger partial charge in [-0.2, -0.15) is 13.2 Å². The Morgan fingerprint density at radius 2 is 1.67 bits per heavy atom. The van der Waals surface area contributed by atoms with Crippen LogP contribution in [0.3, 0.4) is 0 Å². The highest BCUT2D eigenvalue weighted by molar-refractivity contribution is 7.74. The third kappa shape index (κ3) is 4.92. The van der Waals surface area contributed by atoms with E-state index in [1.165, 1.54) is 10.7 Å². The first-order chi connectivity index (χ1) is 20.7. The molecule has 226 valence electrons. The molecule has 0 saturated carbocycles. The van der Waals surface area contributed by atoms with E-state index >= 15 is 0 Å². The van der Waals surface area contributed by atoms with E-state index in [9.17, 15) is 18.0 Å². The number of aryl methyl sites for hydroxylation is 1. The Hall–Kier alpha value is -2.75. The normalized spacial score (nSPS) is 22.1. The number of ether oxygens (including phenoxy) is 2. The van der Waals surface area contributed by atoms with Gasteiger partial charge < -0.3 is 14.4 Å². The van der Waals surface area contributed by atoms with Crippen LogP contribution in [0.1, 0.15) is 29.5 Å². The summed E-state index contributed by atoms with van der Waals surface area (Å²) in [5, 5.41) is 1.25. The van der Waals surface area contributed by atoms with Gasteiger partial charge in [0, 0.05) is 37.4 Å². The van der Waals surface area contributed by atoms with Gasteiger partial charge in [0.25, 0.3) is 0 Å². The molecular formula is C30H28Cl2F3N4O3P. The Morgan fingerprint density at radius 1 is 0.907 bits per heavy atom. The Kier molecular flexibility index (Phi) is 7.42. The number of carbonyl (C=O) groups is 1. The zero-order valence-electron chi connectivity index (χ0n) is 23.0. The highest BCUT2D eigenvalue weighted by atomic mass is 35.5. The van der Waals surface area contributed by atoms with E-state index in [1.54, 1.807) is 24.3 Å². The lowest BCUT2D eigenvalue weighted by Crippen LogP contribution is -2.50. The molecule has 0 radical (unpaired) electrons. The molecule has 4 aliphatic rings. The van der Waals surface area contributed by atoms with Crippen molar-refractivity contribution in [2.75, 3.05) is 49.0 Å².